The zero-order valence-corrected chi connectivity index (χ0v) is 19.2. The van der Waals surface area contributed by atoms with Gasteiger partial charge in [-0.3, -0.25) is 4.79 Å². The highest BCUT2D eigenvalue weighted by Crippen LogP contribution is 2.40. The SMILES string of the molecule is Nc1ccc(Oc2ccc(C(=O)c3ccc(Oc4ccc(N)cc4C(F)(F)F)cc3)cc2)c(C(F)(F)F)c1. The summed E-state index contributed by atoms with van der Waals surface area (Å²) >= 11 is 0. The Balaban J connectivity index is 1.48. The molecule has 0 saturated heterocycles. The highest BCUT2D eigenvalue weighted by molar-refractivity contribution is 6.09. The van der Waals surface area contributed by atoms with Crippen LogP contribution in [0.15, 0.2) is 84.9 Å². The quantitative estimate of drug-likeness (QED) is 0.151. The van der Waals surface area contributed by atoms with Crippen molar-refractivity contribution in [3.05, 3.63) is 107 Å². The Bertz CT molecular complexity index is 1350. The summed E-state index contributed by atoms with van der Waals surface area (Å²) < 4.78 is 90.4. The lowest BCUT2D eigenvalue weighted by atomic mass is 10.0. The molecule has 4 aromatic rings. The molecule has 11 heteroatoms. The van der Waals surface area contributed by atoms with Gasteiger partial charge in [-0.2, -0.15) is 26.3 Å². The fourth-order valence-corrected chi connectivity index (χ4v) is 3.49. The van der Waals surface area contributed by atoms with Crippen molar-refractivity contribution in [3.8, 4) is 23.0 Å². The summed E-state index contributed by atoms with van der Waals surface area (Å²) in [6, 6.07) is 17.1. The highest BCUT2D eigenvalue weighted by atomic mass is 19.4. The maximum atomic E-state index is 13.3. The third kappa shape index (κ3) is 6.00. The van der Waals surface area contributed by atoms with E-state index >= 15 is 0 Å². The van der Waals surface area contributed by atoms with Crippen LogP contribution in [-0.4, -0.2) is 5.78 Å². The van der Waals surface area contributed by atoms with Crippen LogP contribution in [0.25, 0.3) is 0 Å². The van der Waals surface area contributed by atoms with Gasteiger partial charge >= 0.3 is 12.4 Å². The third-order valence-corrected chi connectivity index (χ3v) is 5.31. The molecule has 0 fully saturated rings. The minimum absolute atomic E-state index is 0.0598. The van der Waals surface area contributed by atoms with E-state index in [2.05, 4.69) is 0 Å². The van der Waals surface area contributed by atoms with Crippen LogP contribution >= 0.6 is 0 Å². The van der Waals surface area contributed by atoms with Gasteiger partial charge in [0.2, 0.25) is 0 Å². The van der Waals surface area contributed by atoms with E-state index in [0.717, 1.165) is 24.3 Å². The van der Waals surface area contributed by atoms with Crippen molar-refractivity contribution in [1.29, 1.82) is 0 Å². The van der Waals surface area contributed by atoms with E-state index in [4.69, 9.17) is 20.9 Å². The van der Waals surface area contributed by atoms with E-state index < -0.39 is 40.8 Å². The molecule has 0 saturated carbocycles. The van der Waals surface area contributed by atoms with Crippen LogP contribution in [0.5, 0.6) is 23.0 Å². The monoisotopic (exact) mass is 532 g/mol. The Morgan fingerprint density at radius 2 is 0.895 bits per heavy atom. The topological polar surface area (TPSA) is 87.6 Å². The van der Waals surface area contributed by atoms with Crippen molar-refractivity contribution < 1.29 is 40.6 Å². The van der Waals surface area contributed by atoms with Gasteiger partial charge in [0.25, 0.3) is 0 Å². The second-order valence-electron chi connectivity index (χ2n) is 8.09. The maximum absolute atomic E-state index is 13.3. The fraction of sp³-hybridized carbons (Fsp3) is 0.0741. The van der Waals surface area contributed by atoms with E-state index in [0.29, 0.717) is 0 Å². The second-order valence-corrected chi connectivity index (χ2v) is 8.09. The number of benzene rings is 4. The number of halogens is 6. The van der Waals surface area contributed by atoms with Gasteiger partial charge < -0.3 is 20.9 Å². The molecule has 0 amide bonds. The zero-order chi connectivity index (χ0) is 27.7. The van der Waals surface area contributed by atoms with Crippen molar-refractivity contribution in [1.82, 2.24) is 0 Å². The summed E-state index contributed by atoms with van der Waals surface area (Å²) in [6.45, 7) is 0. The number of nitrogen functional groups attached to an aromatic ring is 2. The van der Waals surface area contributed by atoms with E-state index in [1.807, 2.05) is 0 Å². The van der Waals surface area contributed by atoms with Crippen molar-refractivity contribution >= 4 is 17.2 Å². The van der Waals surface area contributed by atoms with E-state index in [1.165, 1.54) is 60.7 Å². The lowest BCUT2D eigenvalue weighted by Gasteiger charge is -2.15. The lowest BCUT2D eigenvalue weighted by molar-refractivity contribution is -0.139. The number of alkyl halides is 6. The first-order chi connectivity index (χ1) is 17.8. The van der Waals surface area contributed by atoms with Crippen LogP contribution in [0.1, 0.15) is 27.0 Å². The standard InChI is InChI=1S/C27H18F6N2O3/c28-26(29,30)21-13-17(34)5-11-23(21)37-19-7-1-15(2-8-19)25(36)16-3-9-20(10-4-16)38-24-12-6-18(35)14-22(24)27(31,32)33/h1-14H,34-35H2. The van der Waals surface area contributed by atoms with Crippen LogP contribution in [0, 0.1) is 0 Å². The summed E-state index contributed by atoms with van der Waals surface area (Å²) in [5, 5.41) is 0. The molecule has 0 aliphatic carbocycles. The van der Waals surface area contributed by atoms with Crippen molar-refractivity contribution in [2.75, 3.05) is 11.5 Å². The molecule has 4 N–H and O–H groups in total. The molecule has 0 unspecified atom stereocenters. The Labute approximate surface area is 212 Å². The van der Waals surface area contributed by atoms with Gasteiger partial charge in [-0.05, 0) is 84.9 Å². The molecule has 38 heavy (non-hydrogen) atoms. The normalized spacial score (nSPS) is 11.7. The first-order valence-electron chi connectivity index (χ1n) is 10.9. The first-order valence-corrected chi connectivity index (χ1v) is 10.9. The van der Waals surface area contributed by atoms with Gasteiger partial charge in [0.05, 0.1) is 0 Å². The van der Waals surface area contributed by atoms with E-state index in [9.17, 15) is 31.1 Å². The van der Waals surface area contributed by atoms with E-state index in [1.54, 1.807) is 0 Å². The second kappa shape index (κ2) is 10.0. The number of carbonyl (C=O) groups excluding carboxylic acids is 1. The number of ketones is 1. The van der Waals surface area contributed by atoms with Crippen molar-refractivity contribution in [3.63, 3.8) is 0 Å². The molecular formula is C27H18F6N2O3. The smallest absolute Gasteiger partial charge is 0.420 e. The summed E-state index contributed by atoms with van der Waals surface area (Å²) in [5.74, 6) is -1.21. The van der Waals surface area contributed by atoms with Crippen molar-refractivity contribution in [2.45, 2.75) is 12.4 Å². The number of nitrogens with two attached hydrogens (primary N) is 2. The van der Waals surface area contributed by atoms with Crippen LogP contribution in [0.4, 0.5) is 37.7 Å². The Morgan fingerprint density at radius 3 is 1.21 bits per heavy atom. The molecule has 5 nitrogen and oxygen atoms in total. The minimum Gasteiger partial charge on any atom is -0.457 e. The Hall–Kier alpha value is -4.67. The number of anilines is 2. The highest BCUT2D eigenvalue weighted by Gasteiger charge is 2.35. The molecule has 4 aromatic carbocycles. The average molecular weight is 532 g/mol. The molecule has 0 aliphatic heterocycles. The predicted octanol–water partition coefficient (Wildman–Crippen LogP) is 7.70. The summed E-state index contributed by atoms with van der Waals surface area (Å²) in [4.78, 5) is 12.8. The number of hydrogen-bond donors (Lipinski definition) is 2. The molecule has 0 radical (unpaired) electrons. The zero-order valence-electron chi connectivity index (χ0n) is 19.2. The molecule has 4 rings (SSSR count). The molecule has 0 bridgehead atoms. The van der Waals surface area contributed by atoms with Gasteiger partial charge in [-0.25, -0.2) is 0 Å². The number of carbonyl (C=O) groups is 1. The van der Waals surface area contributed by atoms with Crippen LogP contribution < -0.4 is 20.9 Å². The third-order valence-electron chi connectivity index (χ3n) is 5.31. The van der Waals surface area contributed by atoms with Gasteiger partial charge in [-0.15, -0.1) is 0 Å². The molecule has 0 atom stereocenters. The van der Waals surface area contributed by atoms with Gasteiger partial charge in [0.1, 0.15) is 34.1 Å². The summed E-state index contributed by atoms with van der Waals surface area (Å²) in [5.41, 5.74) is 9.09. The maximum Gasteiger partial charge on any atom is 0.420 e. The molecule has 0 aromatic heterocycles. The Kier molecular flexibility index (Phi) is 6.95. The van der Waals surface area contributed by atoms with E-state index in [-0.39, 0.29) is 34.0 Å². The summed E-state index contributed by atoms with van der Waals surface area (Å²) in [6.07, 6.45) is -9.36. The molecule has 0 heterocycles. The molecule has 196 valence electrons. The average Bonchev–Trinajstić information content (AvgIpc) is 2.85. The van der Waals surface area contributed by atoms with Gasteiger partial charge in [-0.1, -0.05) is 0 Å². The molecule has 0 aliphatic rings. The van der Waals surface area contributed by atoms with Crippen LogP contribution in [0.3, 0.4) is 0 Å². The predicted molar refractivity (Wildman–Crippen MR) is 128 cm³/mol. The first kappa shape index (κ1) is 26.4. The number of ether oxygens (including phenoxy) is 2. The molecular weight excluding hydrogens is 514 g/mol. The largest absolute Gasteiger partial charge is 0.457 e. The number of hydrogen-bond acceptors (Lipinski definition) is 5. The van der Waals surface area contributed by atoms with Gasteiger partial charge in [0, 0.05) is 22.5 Å². The van der Waals surface area contributed by atoms with Crippen molar-refractivity contribution in [2.24, 2.45) is 0 Å². The fourth-order valence-electron chi connectivity index (χ4n) is 3.49. The van der Waals surface area contributed by atoms with Crippen LogP contribution in [-0.2, 0) is 12.4 Å². The number of rotatable bonds is 6. The lowest BCUT2D eigenvalue weighted by Crippen LogP contribution is -2.08. The minimum atomic E-state index is -4.68. The Morgan fingerprint density at radius 1 is 0.553 bits per heavy atom. The van der Waals surface area contributed by atoms with Gasteiger partial charge in [0.15, 0.2) is 5.78 Å². The molecule has 0 spiro atoms. The summed E-state index contributed by atoms with van der Waals surface area (Å²) in [7, 11) is 0. The van der Waals surface area contributed by atoms with Crippen LogP contribution in [0.2, 0.25) is 0 Å².